The summed E-state index contributed by atoms with van der Waals surface area (Å²) in [5.41, 5.74) is 2.64. The van der Waals surface area contributed by atoms with Crippen LogP contribution in [0.4, 0.5) is 0 Å². The number of aryl methyl sites for hydroxylation is 2. The van der Waals surface area contributed by atoms with Gasteiger partial charge in [-0.15, -0.1) is 34.0 Å². The first kappa shape index (κ1) is 15.6. The van der Waals surface area contributed by atoms with Gasteiger partial charge in [-0.25, -0.2) is 0 Å². The van der Waals surface area contributed by atoms with Crippen molar-refractivity contribution in [2.45, 2.75) is 13.8 Å². The highest BCUT2D eigenvalue weighted by molar-refractivity contribution is 7.23. The molecule has 5 rings (SSSR count). The van der Waals surface area contributed by atoms with Gasteiger partial charge >= 0.3 is 0 Å². The average Bonchev–Trinajstić information content (AvgIpc) is 3.31. The molecular weight excluding hydrogens is 384 g/mol. The van der Waals surface area contributed by atoms with Crippen molar-refractivity contribution in [3.63, 3.8) is 0 Å². The molecule has 0 saturated carbocycles. The van der Waals surface area contributed by atoms with E-state index >= 15 is 0 Å². The first-order valence-electron chi connectivity index (χ1n) is 7.91. The molecule has 25 heavy (non-hydrogen) atoms. The van der Waals surface area contributed by atoms with Gasteiger partial charge in [-0.1, -0.05) is 17.4 Å². The largest absolute Gasteiger partial charge is 0.499 e. The summed E-state index contributed by atoms with van der Waals surface area (Å²) in [6.07, 6.45) is 0. The molecule has 4 aromatic heterocycles. The molecule has 0 spiro atoms. The third-order valence-corrected chi connectivity index (χ3v) is 8.24. The van der Waals surface area contributed by atoms with Crippen molar-refractivity contribution in [2.75, 3.05) is 0 Å². The minimum atomic E-state index is 0.374. The van der Waals surface area contributed by atoms with Crippen LogP contribution in [0.2, 0.25) is 0 Å². The lowest BCUT2D eigenvalue weighted by atomic mass is 10.00. The predicted molar refractivity (Wildman–Crippen MR) is 115 cm³/mol. The van der Waals surface area contributed by atoms with Gasteiger partial charge in [-0.05, 0) is 49.6 Å². The lowest BCUT2D eigenvalue weighted by molar-refractivity contribution is 0.491. The van der Waals surface area contributed by atoms with Crippen molar-refractivity contribution in [3.8, 4) is 25.9 Å². The van der Waals surface area contributed by atoms with E-state index in [-0.39, 0.29) is 0 Å². The number of aromatic hydroxyl groups is 1. The van der Waals surface area contributed by atoms with Crippen molar-refractivity contribution in [1.82, 2.24) is 0 Å². The van der Waals surface area contributed by atoms with Gasteiger partial charge in [0, 0.05) is 50.8 Å². The van der Waals surface area contributed by atoms with Crippen LogP contribution in [0, 0.1) is 13.8 Å². The van der Waals surface area contributed by atoms with Crippen molar-refractivity contribution in [3.05, 3.63) is 51.5 Å². The molecular formula is C20H14OS4. The minimum Gasteiger partial charge on any atom is -0.499 e. The van der Waals surface area contributed by atoms with Crippen LogP contribution in [-0.2, 0) is 0 Å². The second kappa shape index (κ2) is 5.68. The van der Waals surface area contributed by atoms with Crippen LogP contribution in [0.3, 0.4) is 0 Å². The zero-order chi connectivity index (χ0) is 17.1. The van der Waals surface area contributed by atoms with E-state index in [4.69, 9.17) is 0 Å². The number of hydrogen-bond acceptors (Lipinski definition) is 5. The Labute approximate surface area is 161 Å². The van der Waals surface area contributed by atoms with Gasteiger partial charge in [-0.2, -0.15) is 0 Å². The summed E-state index contributed by atoms with van der Waals surface area (Å²) in [5, 5.41) is 15.1. The summed E-state index contributed by atoms with van der Waals surface area (Å²) in [5.74, 6) is 0. The van der Waals surface area contributed by atoms with Gasteiger partial charge in [0.15, 0.2) is 5.06 Å². The van der Waals surface area contributed by atoms with Crippen LogP contribution in [0.5, 0.6) is 5.06 Å². The van der Waals surface area contributed by atoms with Gasteiger partial charge in [0.05, 0.1) is 0 Å². The van der Waals surface area contributed by atoms with Crippen LogP contribution in [0.15, 0.2) is 41.8 Å². The molecule has 124 valence electrons. The van der Waals surface area contributed by atoms with Crippen molar-refractivity contribution < 1.29 is 5.11 Å². The molecule has 0 radical (unpaired) electrons. The Morgan fingerprint density at radius 1 is 0.760 bits per heavy atom. The topological polar surface area (TPSA) is 20.2 Å². The van der Waals surface area contributed by atoms with E-state index in [2.05, 4.69) is 43.5 Å². The number of fused-ring (bicyclic) bond motifs is 2. The Morgan fingerprint density at radius 2 is 1.40 bits per heavy atom. The van der Waals surface area contributed by atoms with E-state index in [1.807, 2.05) is 28.7 Å². The molecule has 0 saturated heterocycles. The molecule has 0 amide bonds. The number of thiophene rings is 4. The standard InChI is InChI=1S/C20H14OS4/c1-10-8-12-17(14-4-3-7-22-14)19-13(9-11(2)23-19)18(20(12)24-10)15-5-6-16(21)25-15/h3-9,21H,1-2H3. The van der Waals surface area contributed by atoms with E-state index in [0.29, 0.717) is 5.06 Å². The first-order valence-corrected chi connectivity index (χ1v) is 11.2. The molecule has 1 nitrogen and oxygen atoms in total. The van der Waals surface area contributed by atoms with Gasteiger partial charge in [-0.3, -0.25) is 0 Å². The Kier molecular flexibility index (Phi) is 3.54. The fraction of sp³-hybridized carbons (Fsp3) is 0.100. The lowest BCUT2D eigenvalue weighted by Crippen LogP contribution is -1.81. The highest BCUT2D eigenvalue weighted by atomic mass is 32.1. The van der Waals surface area contributed by atoms with E-state index in [0.717, 1.165) is 4.88 Å². The van der Waals surface area contributed by atoms with Crippen LogP contribution in [0.25, 0.3) is 41.1 Å². The summed E-state index contributed by atoms with van der Waals surface area (Å²) in [7, 11) is 0. The second-order valence-electron chi connectivity index (χ2n) is 6.06. The Bertz CT molecular complexity index is 1160. The van der Waals surface area contributed by atoms with Crippen LogP contribution < -0.4 is 0 Å². The zero-order valence-corrected chi connectivity index (χ0v) is 16.9. The lowest BCUT2D eigenvalue weighted by Gasteiger charge is -2.09. The van der Waals surface area contributed by atoms with Gasteiger partial charge in [0.1, 0.15) is 0 Å². The fourth-order valence-electron chi connectivity index (χ4n) is 3.39. The molecule has 5 heteroatoms. The monoisotopic (exact) mass is 398 g/mol. The zero-order valence-electron chi connectivity index (χ0n) is 13.6. The third kappa shape index (κ3) is 2.38. The second-order valence-corrected chi connectivity index (χ2v) is 10.6. The normalized spacial score (nSPS) is 11.8. The summed E-state index contributed by atoms with van der Waals surface area (Å²) in [6, 6.07) is 12.8. The van der Waals surface area contributed by atoms with Crippen molar-refractivity contribution in [2.24, 2.45) is 0 Å². The molecule has 0 fully saturated rings. The van der Waals surface area contributed by atoms with Crippen LogP contribution in [0.1, 0.15) is 9.75 Å². The van der Waals surface area contributed by atoms with E-state index in [9.17, 15) is 5.11 Å². The first-order chi connectivity index (χ1) is 12.1. The Balaban J connectivity index is 2.02. The highest BCUT2D eigenvalue weighted by Crippen LogP contribution is 2.51. The third-order valence-electron chi connectivity index (χ3n) is 4.31. The molecule has 0 aliphatic carbocycles. The molecule has 1 aromatic carbocycles. The van der Waals surface area contributed by atoms with E-state index in [1.165, 1.54) is 57.3 Å². The maximum atomic E-state index is 9.90. The molecule has 5 aromatic rings. The average molecular weight is 399 g/mol. The van der Waals surface area contributed by atoms with E-state index < -0.39 is 0 Å². The SMILES string of the molecule is Cc1cc2c(-c3ccc(O)s3)c3sc(C)cc3c(-c3cccs3)c2s1. The fourth-order valence-corrected chi connectivity index (χ4v) is 7.30. The summed E-state index contributed by atoms with van der Waals surface area (Å²) < 4.78 is 2.68. The van der Waals surface area contributed by atoms with E-state index in [1.54, 1.807) is 17.4 Å². The van der Waals surface area contributed by atoms with Crippen molar-refractivity contribution >= 4 is 65.5 Å². The van der Waals surface area contributed by atoms with Crippen molar-refractivity contribution in [1.29, 1.82) is 0 Å². The summed E-state index contributed by atoms with van der Waals surface area (Å²) in [4.78, 5) is 5.12. The number of rotatable bonds is 2. The maximum Gasteiger partial charge on any atom is 0.171 e. The Morgan fingerprint density at radius 3 is 1.92 bits per heavy atom. The smallest absolute Gasteiger partial charge is 0.171 e. The highest BCUT2D eigenvalue weighted by Gasteiger charge is 2.21. The maximum absolute atomic E-state index is 9.90. The predicted octanol–water partition coefficient (Wildman–Crippen LogP) is 7.90. The Hall–Kier alpha value is -1.66. The molecule has 0 bridgehead atoms. The van der Waals surface area contributed by atoms with Gasteiger partial charge < -0.3 is 5.11 Å². The molecule has 0 atom stereocenters. The summed E-state index contributed by atoms with van der Waals surface area (Å²) >= 11 is 6.99. The molecule has 4 heterocycles. The quantitative estimate of drug-likeness (QED) is 0.320. The molecule has 0 unspecified atom stereocenters. The van der Waals surface area contributed by atoms with Crippen LogP contribution in [-0.4, -0.2) is 5.11 Å². The molecule has 0 aliphatic rings. The van der Waals surface area contributed by atoms with Gasteiger partial charge in [0.2, 0.25) is 0 Å². The summed E-state index contributed by atoms with van der Waals surface area (Å²) in [6.45, 7) is 4.36. The van der Waals surface area contributed by atoms with Crippen LogP contribution >= 0.6 is 45.3 Å². The van der Waals surface area contributed by atoms with Gasteiger partial charge in [0.25, 0.3) is 0 Å². The minimum absolute atomic E-state index is 0.374. The molecule has 0 aliphatic heterocycles. The number of hydrogen-bond donors (Lipinski definition) is 1. The molecule has 1 N–H and O–H groups in total. The number of benzene rings is 1.